The largest absolute Gasteiger partial charge is 0.337 e. The van der Waals surface area contributed by atoms with E-state index in [9.17, 15) is 4.79 Å². The molecule has 0 aliphatic carbocycles. The fraction of sp³-hybridized carbons (Fsp3) is 0.133. The number of carbonyl (C=O) groups excluding carboxylic acids is 1. The number of aromatic nitrogens is 1. The molecule has 0 spiro atoms. The molecule has 0 aliphatic heterocycles. The van der Waals surface area contributed by atoms with Gasteiger partial charge >= 0.3 is 0 Å². The third-order valence-electron chi connectivity index (χ3n) is 3.28. The molecule has 3 aromatic rings. The van der Waals surface area contributed by atoms with Crippen LogP contribution in [0.15, 0.2) is 44.0 Å². The molecule has 0 atom stereocenters. The summed E-state index contributed by atoms with van der Waals surface area (Å²) in [6.07, 6.45) is 0. The van der Waals surface area contributed by atoms with Gasteiger partial charge in [0.25, 0.3) is 0 Å². The van der Waals surface area contributed by atoms with E-state index in [1.165, 1.54) is 16.7 Å². The van der Waals surface area contributed by atoms with E-state index < -0.39 is 0 Å². The van der Waals surface area contributed by atoms with Crippen LogP contribution in [-0.4, -0.2) is 10.4 Å². The van der Waals surface area contributed by atoms with Gasteiger partial charge in [-0.3, -0.25) is 4.79 Å². The highest BCUT2D eigenvalue weighted by Gasteiger charge is 2.16. The van der Waals surface area contributed by atoms with E-state index in [0.29, 0.717) is 6.54 Å². The number of para-hydroxylation sites is 1. The number of hydrogen-bond acceptors (Lipinski definition) is 2. The van der Waals surface area contributed by atoms with E-state index in [1.807, 2.05) is 31.2 Å². The van der Waals surface area contributed by atoms with Crippen molar-refractivity contribution in [3.8, 4) is 0 Å². The number of rotatable bonds is 3. The zero-order chi connectivity index (χ0) is 14.3. The minimum Gasteiger partial charge on any atom is -0.337 e. The van der Waals surface area contributed by atoms with Gasteiger partial charge in [0.2, 0.25) is 0 Å². The van der Waals surface area contributed by atoms with Crippen LogP contribution < -0.4 is 0 Å². The van der Waals surface area contributed by atoms with Crippen molar-refractivity contribution in [2.24, 2.45) is 0 Å². The van der Waals surface area contributed by atoms with Crippen molar-refractivity contribution in [1.82, 2.24) is 4.57 Å². The van der Waals surface area contributed by atoms with E-state index >= 15 is 0 Å². The number of Topliss-reactive ketones (excluding diaryl/α,β-unsaturated/α-hetero) is 1. The Morgan fingerprint density at radius 3 is 2.70 bits per heavy atom. The van der Waals surface area contributed by atoms with E-state index in [1.54, 1.807) is 0 Å². The maximum Gasteiger partial charge on any atom is 0.184 e. The van der Waals surface area contributed by atoms with Crippen LogP contribution in [0.2, 0.25) is 0 Å². The molecule has 2 nitrogen and oxygen atoms in total. The fourth-order valence-corrected chi connectivity index (χ4v) is 5.17. The molecule has 0 N–H and O–H groups in total. The number of carbonyl (C=O) groups is 1. The Labute approximate surface area is 137 Å². The molecule has 0 saturated heterocycles. The number of aryl methyl sites for hydroxylation is 1. The average Bonchev–Trinajstić information content (AvgIpc) is 2.90. The maximum atomic E-state index is 12.5. The predicted octanol–water partition coefficient (Wildman–Crippen LogP) is 5.42. The lowest BCUT2D eigenvalue weighted by Crippen LogP contribution is -2.11. The lowest BCUT2D eigenvalue weighted by atomic mass is 10.2. The summed E-state index contributed by atoms with van der Waals surface area (Å²) in [5.74, 6) is 0.114. The van der Waals surface area contributed by atoms with Crippen molar-refractivity contribution in [1.29, 1.82) is 0 Å². The summed E-state index contributed by atoms with van der Waals surface area (Å²) >= 11 is 8.38. The van der Waals surface area contributed by atoms with Crippen LogP contribution in [0.3, 0.4) is 0 Å². The van der Waals surface area contributed by atoms with Crippen molar-refractivity contribution >= 4 is 59.9 Å². The fourth-order valence-electron chi connectivity index (χ4n) is 2.32. The summed E-state index contributed by atoms with van der Waals surface area (Å²) in [6, 6.07) is 12.1. The number of ketones is 1. The van der Waals surface area contributed by atoms with Crippen LogP contribution in [0.5, 0.6) is 0 Å². The summed E-state index contributed by atoms with van der Waals surface area (Å²) in [7, 11) is 0. The van der Waals surface area contributed by atoms with Gasteiger partial charge in [-0.2, -0.15) is 0 Å². The van der Waals surface area contributed by atoms with Gasteiger partial charge in [-0.15, -0.1) is 11.3 Å². The Bertz CT molecular complexity index is 803. The first kappa shape index (κ1) is 14.0. The monoisotopic (exact) mass is 411 g/mol. The van der Waals surface area contributed by atoms with Gasteiger partial charge in [0, 0.05) is 16.8 Å². The van der Waals surface area contributed by atoms with E-state index in [4.69, 9.17) is 0 Å². The molecule has 0 fully saturated rings. The van der Waals surface area contributed by atoms with E-state index in [0.717, 1.165) is 24.3 Å². The average molecular weight is 413 g/mol. The molecule has 0 radical (unpaired) electrons. The Morgan fingerprint density at radius 1 is 1.25 bits per heavy atom. The summed E-state index contributed by atoms with van der Waals surface area (Å²) in [4.78, 5) is 12.5. The first-order valence-electron chi connectivity index (χ1n) is 6.09. The maximum absolute atomic E-state index is 12.5. The van der Waals surface area contributed by atoms with Crippen molar-refractivity contribution in [2.45, 2.75) is 13.5 Å². The minimum atomic E-state index is 0.114. The van der Waals surface area contributed by atoms with Crippen LogP contribution >= 0.6 is 43.2 Å². The molecule has 0 bridgehead atoms. The zero-order valence-electron chi connectivity index (χ0n) is 10.7. The SMILES string of the molecule is Cc1cc2ccccc2n1CC(=O)c1cc(Br)sc1Br. The molecular weight excluding hydrogens is 402 g/mol. The summed E-state index contributed by atoms with van der Waals surface area (Å²) in [5.41, 5.74) is 2.94. The quantitative estimate of drug-likeness (QED) is 0.526. The van der Waals surface area contributed by atoms with Crippen molar-refractivity contribution < 1.29 is 4.79 Å². The summed E-state index contributed by atoms with van der Waals surface area (Å²) < 4.78 is 3.90. The highest BCUT2D eigenvalue weighted by molar-refractivity contribution is 9.12. The molecule has 0 amide bonds. The van der Waals surface area contributed by atoms with Crippen LogP contribution in [0, 0.1) is 6.92 Å². The van der Waals surface area contributed by atoms with Crippen molar-refractivity contribution in [3.63, 3.8) is 0 Å². The predicted molar refractivity (Wildman–Crippen MR) is 90.7 cm³/mol. The third kappa shape index (κ3) is 2.50. The second-order valence-corrected chi connectivity index (χ2v) is 8.34. The smallest absolute Gasteiger partial charge is 0.184 e. The molecule has 1 aromatic carbocycles. The molecule has 0 saturated carbocycles. The molecule has 20 heavy (non-hydrogen) atoms. The highest BCUT2D eigenvalue weighted by atomic mass is 79.9. The number of halogens is 2. The number of fused-ring (bicyclic) bond motifs is 1. The second-order valence-electron chi connectivity index (χ2n) is 4.59. The van der Waals surface area contributed by atoms with Crippen molar-refractivity contribution in [3.05, 3.63) is 55.2 Å². The van der Waals surface area contributed by atoms with Crippen LogP contribution in [0.1, 0.15) is 16.1 Å². The molecular formula is C15H11Br2NOS. The topological polar surface area (TPSA) is 22.0 Å². The van der Waals surface area contributed by atoms with Gasteiger partial charge < -0.3 is 4.57 Å². The van der Waals surface area contributed by atoms with E-state index in [2.05, 4.69) is 48.6 Å². The number of benzene rings is 1. The summed E-state index contributed by atoms with van der Waals surface area (Å²) in [6.45, 7) is 2.40. The standard InChI is InChI=1S/C15H11Br2NOS/c1-9-6-10-4-2-3-5-12(10)18(9)8-13(19)11-7-14(16)20-15(11)17/h2-7H,8H2,1H3. The Kier molecular flexibility index (Phi) is 3.84. The number of hydrogen-bond donors (Lipinski definition) is 0. The molecule has 3 rings (SSSR count). The van der Waals surface area contributed by atoms with Gasteiger partial charge in [-0.05, 0) is 62.4 Å². The van der Waals surface area contributed by atoms with Gasteiger partial charge in [0.1, 0.15) is 0 Å². The van der Waals surface area contributed by atoms with Gasteiger partial charge in [-0.25, -0.2) is 0 Å². The normalized spacial score (nSPS) is 11.2. The molecule has 2 heterocycles. The summed E-state index contributed by atoms with van der Waals surface area (Å²) in [5, 5.41) is 1.17. The van der Waals surface area contributed by atoms with Crippen LogP contribution in [0.4, 0.5) is 0 Å². The minimum absolute atomic E-state index is 0.114. The molecule has 102 valence electrons. The van der Waals surface area contributed by atoms with Gasteiger partial charge in [0.05, 0.1) is 14.1 Å². The molecule has 0 unspecified atom stereocenters. The van der Waals surface area contributed by atoms with Gasteiger partial charge in [0.15, 0.2) is 5.78 Å². The van der Waals surface area contributed by atoms with E-state index in [-0.39, 0.29) is 5.78 Å². The number of thiophene rings is 1. The number of nitrogens with zero attached hydrogens (tertiary/aromatic N) is 1. The Morgan fingerprint density at radius 2 is 2.00 bits per heavy atom. The molecule has 5 heteroatoms. The van der Waals surface area contributed by atoms with Crippen LogP contribution in [-0.2, 0) is 6.54 Å². The van der Waals surface area contributed by atoms with Gasteiger partial charge in [-0.1, -0.05) is 18.2 Å². The lowest BCUT2D eigenvalue weighted by molar-refractivity contribution is 0.0972. The lowest BCUT2D eigenvalue weighted by Gasteiger charge is -2.07. The Hall–Kier alpha value is -0.910. The van der Waals surface area contributed by atoms with Crippen molar-refractivity contribution in [2.75, 3.05) is 0 Å². The Balaban J connectivity index is 1.99. The zero-order valence-corrected chi connectivity index (χ0v) is 14.7. The van der Waals surface area contributed by atoms with Crippen LogP contribution in [0.25, 0.3) is 10.9 Å². The first-order chi connectivity index (χ1) is 9.56. The first-order valence-corrected chi connectivity index (χ1v) is 8.49. The molecule has 0 aliphatic rings. The highest BCUT2D eigenvalue weighted by Crippen LogP contribution is 2.32. The molecule has 2 aromatic heterocycles. The third-order valence-corrected chi connectivity index (χ3v) is 5.62. The second kappa shape index (κ2) is 5.47.